The predicted molar refractivity (Wildman–Crippen MR) is 116 cm³/mol. The molecule has 0 saturated carbocycles. The first kappa shape index (κ1) is 18.7. The minimum absolute atomic E-state index is 0.251. The van der Waals surface area contributed by atoms with Crippen LogP contribution in [0.4, 0.5) is 0 Å². The molecule has 0 aliphatic rings. The van der Waals surface area contributed by atoms with Gasteiger partial charge in [-0.2, -0.15) is 0 Å². The van der Waals surface area contributed by atoms with Crippen molar-refractivity contribution in [2.24, 2.45) is 7.05 Å². The van der Waals surface area contributed by atoms with Crippen molar-refractivity contribution in [3.8, 4) is 0 Å². The predicted octanol–water partition coefficient (Wildman–Crippen LogP) is 5.51. The van der Waals surface area contributed by atoms with E-state index in [4.69, 9.17) is 16.6 Å². The topological polar surface area (TPSA) is 46.9 Å². The first-order valence-corrected chi connectivity index (χ1v) is 9.94. The van der Waals surface area contributed by atoms with E-state index in [0.29, 0.717) is 10.6 Å². The lowest BCUT2D eigenvalue weighted by Crippen LogP contribution is -2.31. The van der Waals surface area contributed by atoms with Crippen molar-refractivity contribution in [2.75, 3.05) is 0 Å². The Balaban J connectivity index is 1.78. The highest BCUT2D eigenvalue weighted by Crippen LogP contribution is 2.27. The molecular formula is C22H17BrClN3O. The Morgan fingerprint density at radius 1 is 1.07 bits per heavy atom. The minimum atomic E-state index is -0.411. The van der Waals surface area contributed by atoms with Crippen molar-refractivity contribution < 1.29 is 4.79 Å². The van der Waals surface area contributed by atoms with Crippen LogP contribution in [0.2, 0.25) is 5.02 Å². The molecular weight excluding hydrogens is 438 g/mol. The second kappa shape index (κ2) is 7.78. The summed E-state index contributed by atoms with van der Waals surface area (Å²) in [6.07, 6.45) is 0. The third-order valence-electron chi connectivity index (χ3n) is 4.66. The van der Waals surface area contributed by atoms with Crippen LogP contribution in [-0.2, 0) is 7.05 Å². The standard InChI is InChI=1S/C22H17BrClN3O/c1-27-19-10-6-5-9-18(19)25-21(27)20(14-7-3-2-4-8-14)26-22(28)16-12-11-15(23)13-17(16)24/h2-13,20H,1H3,(H,26,28). The largest absolute Gasteiger partial charge is 0.338 e. The van der Waals surface area contributed by atoms with Crippen LogP contribution in [0.3, 0.4) is 0 Å². The molecule has 1 aromatic heterocycles. The number of fused-ring (bicyclic) bond motifs is 1. The maximum atomic E-state index is 13.0. The van der Waals surface area contributed by atoms with E-state index >= 15 is 0 Å². The summed E-state index contributed by atoms with van der Waals surface area (Å²) in [6, 6.07) is 22.5. The molecule has 1 heterocycles. The Hall–Kier alpha value is -2.63. The number of nitrogens with one attached hydrogen (secondary N) is 1. The van der Waals surface area contributed by atoms with Gasteiger partial charge in [-0.05, 0) is 35.9 Å². The zero-order chi connectivity index (χ0) is 19.7. The van der Waals surface area contributed by atoms with Crippen molar-refractivity contribution in [3.05, 3.63) is 99.2 Å². The van der Waals surface area contributed by atoms with E-state index in [0.717, 1.165) is 26.9 Å². The fraction of sp³-hybridized carbons (Fsp3) is 0.0909. The Bertz CT molecular complexity index is 1160. The van der Waals surface area contributed by atoms with Gasteiger partial charge < -0.3 is 9.88 Å². The molecule has 1 atom stereocenters. The molecule has 6 heteroatoms. The number of nitrogens with zero attached hydrogens (tertiary/aromatic N) is 2. The molecule has 4 aromatic rings. The summed E-state index contributed by atoms with van der Waals surface area (Å²) in [6.45, 7) is 0. The summed E-state index contributed by atoms with van der Waals surface area (Å²) in [7, 11) is 1.96. The number of aryl methyl sites for hydroxylation is 1. The van der Waals surface area contributed by atoms with E-state index in [2.05, 4.69) is 21.2 Å². The molecule has 0 aliphatic carbocycles. The molecule has 4 nitrogen and oxygen atoms in total. The van der Waals surface area contributed by atoms with Crippen LogP contribution < -0.4 is 5.32 Å². The molecule has 0 spiro atoms. The molecule has 140 valence electrons. The molecule has 1 unspecified atom stereocenters. The van der Waals surface area contributed by atoms with Crippen molar-refractivity contribution in [1.29, 1.82) is 0 Å². The highest BCUT2D eigenvalue weighted by Gasteiger charge is 2.24. The molecule has 0 saturated heterocycles. The number of carbonyl (C=O) groups is 1. The first-order chi connectivity index (χ1) is 13.5. The molecule has 0 aliphatic heterocycles. The molecule has 28 heavy (non-hydrogen) atoms. The van der Waals surface area contributed by atoms with Gasteiger partial charge in [-0.25, -0.2) is 4.98 Å². The summed E-state index contributed by atoms with van der Waals surface area (Å²) in [5.41, 5.74) is 3.26. The second-order valence-corrected chi connectivity index (χ2v) is 7.78. The van der Waals surface area contributed by atoms with Gasteiger partial charge in [-0.15, -0.1) is 0 Å². The molecule has 1 amide bonds. The Morgan fingerprint density at radius 3 is 2.50 bits per heavy atom. The summed E-state index contributed by atoms with van der Waals surface area (Å²) < 4.78 is 2.83. The first-order valence-electron chi connectivity index (χ1n) is 8.77. The van der Waals surface area contributed by atoms with E-state index in [1.54, 1.807) is 18.2 Å². The lowest BCUT2D eigenvalue weighted by molar-refractivity contribution is 0.0941. The number of rotatable bonds is 4. The van der Waals surface area contributed by atoms with E-state index in [9.17, 15) is 4.79 Å². The van der Waals surface area contributed by atoms with Gasteiger partial charge in [0, 0.05) is 11.5 Å². The molecule has 4 rings (SSSR count). The number of aromatic nitrogens is 2. The van der Waals surface area contributed by atoms with Gasteiger partial charge in [-0.3, -0.25) is 4.79 Å². The van der Waals surface area contributed by atoms with Crippen LogP contribution in [0.5, 0.6) is 0 Å². The van der Waals surface area contributed by atoms with Gasteiger partial charge in [0.05, 0.1) is 21.6 Å². The van der Waals surface area contributed by atoms with Crippen molar-refractivity contribution in [2.45, 2.75) is 6.04 Å². The second-order valence-electron chi connectivity index (χ2n) is 6.46. The van der Waals surface area contributed by atoms with Crippen LogP contribution in [0.25, 0.3) is 11.0 Å². The van der Waals surface area contributed by atoms with Gasteiger partial charge >= 0.3 is 0 Å². The Morgan fingerprint density at radius 2 is 1.79 bits per heavy atom. The summed E-state index contributed by atoms with van der Waals surface area (Å²) in [5, 5.41) is 3.50. The number of hydrogen-bond acceptors (Lipinski definition) is 2. The molecule has 0 radical (unpaired) electrons. The Kier molecular flexibility index (Phi) is 5.20. The van der Waals surface area contributed by atoms with Gasteiger partial charge in [0.1, 0.15) is 11.9 Å². The van der Waals surface area contributed by atoms with Crippen LogP contribution in [0.1, 0.15) is 27.8 Å². The van der Waals surface area contributed by atoms with Gasteiger partial charge in [0.2, 0.25) is 0 Å². The van der Waals surface area contributed by atoms with E-state index < -0.39 is 6.04 Å². The maximum absolute atomic E-state index is 13.0. The number of imidazole rings is 1. The van der Waals surface area contributed by atoms with E-state index in [1.807, 2.05) is 66.2 Å². The fourth-order valence-corrected chi connectivity index (χ4v) is 4.01. The minimum Gasteiger partial charge on any atom is -0.338 e. The zero-order valence-corrected chi connectivity index (χ0v) is 17.4. The number of carbonyl (C=O) groups excluding carboxylic acids is 1. The molecule has 1 N–H and O–H groups in total. The quantitative estimate of drug-likeness (QED) is 0.442. The monoisotopic (exact) mass is 453 g/mol. The molecule has 0 fully saturated rings. The van der Waals surface area contributed by atoms with Crippen molar-refractivity contribution >= 4 is 44.5 Å². The number of hydrogen-bond donors (Lipinski definition) is 1. The molecule has 0 bridgehead atoms. The van der Waals surface area contributed by atoms with Gasteiger partial charge in [0.15, 0.2) is 0 Å². The highest BCUT2D eigenvalue weighted by atomic mass is 79.9. The normalized spacial score (nSPS) is 12.1. The van der Waals surface area contributed by atoms with E-state index in [-0.39, 0.29) is 5.91 Å². The highest BCUT2D eigenvalue weighted by molar-refractivity contribution is 9.10. The van der Waals surface area contributed by atoms with Crippen LogP contribution in [0, 0.1) is 0 Å². The Labute approximate surface area is 176 Å². The smallest absolute Gasteiger partial charge is 0.253 e. The van der Waals surface area contributed by atoms with Crippen LogP contribution in [-0.4, -0.2) is 15.5 Å². The van der Waals surface area contributed by atoms with E-state index in [1.165, 1.54) is 0 Å². The zero-order valence-electron chi connectivity index (χ0n) is 15.1. The third-order valence-corrected chi connectivity index (χ3v) is 5.47. The molecule has 3 aromatic carbocycles. The number of amides is 1. The average Bonchev–Trinajstić information content (AvgIpc) is 3.03. The summed E-state index contributed by atoms with van der Waals surface area (Å²) in [4.78, 5) is 17.8. The summed E-state index contributed by atoms with van der Waals surface area (Å²) in [5.74, 6) is 0.507. The maximum Gasteiger partial charge on any atom is 0.253 e. The van der Waals surface area contributed by atoms with Crippen molar-refractivity contribution in [3.63, 3.8) is 0 Å². The third kappa shape index (κ3) is 3.55. The number of para-hydroxylation sites is 2. The summed E-state index contributed by atoms with van der Waals surface area (Å²) >= 11 is 9.65. The van der Waals surface area contributed by atoms with Crippen LogP contribution >= 0.6 is 27.5 Å². The van der Waals surface area contributed by atoms with Crippen molar-refractivity contribution in [1.82, 2.24) is 14.9 Å². The lowest BCUT2D eigenvalue weighted by atomic mass is 10.1. The average molecular weight is 455 g/mol. The lowest BCUT2D eigenvalue weighted by Gasteiger charge is -2.19. The van der Waals surface area contributed by atoms with Gasteiger partial charge in [-0.1, -0.05) is 70.0 Å². The number of halogens is 2. The number of benzene rings is 3. The SMILES string of the molecule is Cn1c(C(NC(=O)c2ccc(Br)cc2Cl)c2ccccc2)nc2ccccc21. The fourth-order valence-electron chi connectivity index (χ4n) is 3.25. The van der Waals surface area contributed by atoms with Gasteiger partial charge in [0.25, 0.3) is 5.91 Å². The van der Waals surface area contributed by atoms with Crippen LogP contribution in [0.15, 0.2) is 77.3 Å².